The zero-order valence-electron chi connectivity index (χ0n) is 4.40. The van der Waals surface area contributed by atoms with Crippen molar-refractivity contribution in [1.29, 1.82) is 0 Å². The SMILES string of the molecule is OCC(F)C(F)C(F)F. The van der Waals surface area contributed by atoms with Crippen LogP contribution in [0.5, 0.6) is 0 Å². The molecule has 0 rings (SSSR count). The van der Waals surface area contributed by atoms with Crippen LogP contribution in [0.1, 0.15) is 0 Å². The summed E-state index contributed by atoms with van der Waals surface area (Å²) in [4.78, 5) is 0. The molecule has 2 atom stereocenters. The minimum Gasteiger partial charge on any atom is -0.393 e. The number of hydrogen-bond acceptors (Lipinski definition) is 1. The van der Waals surface area contributed by atoms with Crippen molar-refractivity contribution >= 4 is 0 Å². The molecule has 0 bridgehead atoms. The first-order valence-electron chi connectivity index (χ1n) is 2.26. The third-order valence-electron chi connectivity index (χ3n) is 0.761. The second kappa shape index (κ2) is 3.66. The Morgan fingerprint density at radius 3 is 1.67 bits per heavy atom. The van der Waals surface area contributed by atoms with Crippen LogP contribution in [0.2, 0.25) is 0 Å². The molecule has 0 saturated carbocycles. The van der Waals surface area contributed by atoms with Gasteiger partial charge in [0.15, 0.2) is 12.3 Å². The summed E-state index contributed by atoms with van der Waals surface area (Å²) >= 11 is 0. The summed E-state index contributed by atoms with van der Waals surface area (Å²) in [5, 5.41) is 7.81. The van der Waals surface area contributed by atoms with E-state index >= 15 is 0 Å². The maximum absolute atomic E-state index is 11.7. The predicted octanol–water partition coefficient (Wildman–Crippen LogP) is 0.920. The lowest BCUT2D eigenvalue weighted by Gasteiger charge is -2.08. The van der Waals surface area contributed by atoms with Crippen LogP contribution in [0.4, 0.5) is 17.6 Å². The van der Waals surface area contributed by atoms with E-state index in [-0.39, 0.29) is 0 Å². The van der Waals surface area contributed by atoms with Crippen LogP contribution in [-0.2, 0) is 0 Å². The van der Waals surface area contributed by atoms with Gasteiger partial charge in [0.05, 0.1) is 6.61 Å². The molecule has 0 aromatic carbocycles. The van der Waals surface area contributed by atoms with E-state index in [1.807, 2.05) is 0 Å². The van der Waals surface area contributed by atoms with Crippen LogP contribution < -0.4 is 0 Å². The Bertz CT molecular complexity index is 77.0. The van der Waals surface area contributed by atoms with Gasteiger partial charge in [0.2, 0.25) is 0 Å². The van der Waals surface area contributed by atoms with Crippen LogP contribution in [0.3, 0.4) is 0 Å². The van der Waals surface area contributed by atoms with Crippen LogP contribution >= 0.6 is 0 Å². The molecule has 56 valence electrons. The van der Waals surface area contributed by atoms with Gasteiger partial charge in [-0.25, -0.2) is 17.6 Å². The maximum atomic E-state index is 11.7. The van der Waals surface area contributed by atoms with E-state index in [1.165, 1.54) is 0 Å². The number of halogens is 4. The van der Waals surface area contributed by atoms with Crippen molar-refractivity contribution in [2.75, 3.05) is 6.61 Å². The van der Waals surface area contributed by atoms with Gasteiger partial charge in [-0.05, 0) is 0 Å². The van der Waals surface area contributed by atoms with E-state index in [0.717, 1.165) is 0 Å². The highest BCUT2D eigenvalue weighted by atomic mass is 19.3. The highest BCUT2D eigenvalue weighted by Crippen LogP contribution is 2.11. The fourth-order valence-electron chi connectivity index (χ4n) is 0.259. The van der Waals surface area contributed by atoms with Crippen molar-refractivity contribution in [2.45, 2.75) is 18.8 Å². The first-order chi connectivity index (χ1) is 4.09. The fraction of sp³-hybridized carbons (Fsp3) is 1.00. The molecule has 0 spiro atoms. The fourth-order valence-corrected chi connectivity index (χ4v) is 0.259. The van der Waals surface area contributed by atoms with E-state index in [0.29, 0.717) is 0 Å². The molecule has 1 N–H and O–H groups in total. The summed E-state index contributed by atoms with van der Waals surface area (Å²) in [6.45, 7) is -1.20. The topological polar surface area (TPSA) is 20.2 Å². The van der Waals surface area contributed by atoms with E-state index in [1.54, 1.807) is 0 Å². The Hall–Kier alpha value is -0.320. The lowest BCUT2D eigenvalue weighted by atomic mass is 10.3. The van der Waals surface area contributed by atoms with Gasteiger partial charge in [-0.1, -0.05) is 0 Å². The Kier molecular flexibility index (Phi) is 3.53. The summed E-state index contributed by atoms with van der Waals surface area (Å²) in [5.74, 6) is 0. The molecule has 0 fully saturated rings. The normalized spacial score (nSPS) is 18.0. The summed E-state index contributed by atoms with van der Waals surface area (Å²) in [5.41, 5.74) is 0. The highest BCUT2D eigenvalue weighted by molar-refractivity contribution is 4.68. The second-order valence-electron chi connectivity index (χ2n) is 1.48. The van der Waals surface area contributed by atoms with Gasteiger partial charge < -0.3 is 5.11 Å². The molecule has 5 heteroatoms. The molecular weight excluding hydrogens is 140 g/mol. The molecule has 2 unspecified atom stereocenters. The lowest BCUT2D eigenvalue weighted by molar-refractivity contribution is -0.0140. The zero-order chi connectivity index (χ0) is 7.44. The summed E-state index contributed by atoms with van der Waals surface area (Å²) < 4.78 is 45.6. The van der Waals surface area contributed by atoms with Crippen molar-refractivity contribution in [2.24, 2.45) is 0 Å². The largest absolute Gasteiger partial charge is 0.393 e. The van der Waals surface area contributed by atoms with E-state index in [2.05, 4.69) is 0 Å². The average Bonchev–Trinajstić information content (AvgIpc) is 1.84. The molecule has 0 aliphatic heterocycles. The van der Waals surface area contributed by atoms with E-state index in [4.69, 9.17) is 5.11 Å². The molecule has 0 heterocycles. The van der Waals surface area contributed by atoms with Gasteiger partial charge in [-0.15, -0.1) is 0 Å². The molecule has 0 saturated heterocycles. The van der Waals surface area contributed by atoms with Gasteiger partial charge in [0, 0.05) is 0 Å². The number of alkyl halides is 4. The van der Waals surface area contributed by atoms with Crippen molar-refractivity contribution in [1.82, 2.24) is 0 Å². The highest BCUT2D eigenvalue weighted by Gasteiger charge is 2.28. The maximum Gasteiger partial charge on any atom is 0.272 e. The molecular formula is C4H6F4O. The van der Waals surface area contributed by atoms with Gasteiger partial charge in [0.1, 0.15) is 0 Å². The average molecular weight is 146 g/mol. The first kappa shape index (κ1) is 8.68. The third kappa shape index (κ3) is 2.64. The van der Waals surface area contributed by atoms with Gasteiger partial charge >= 0.3 is 0 Å². The number of aliphatic hydroxyl groups excluding tert-OH is 1. The quantitative estimate of drug-likeness (QED) is 0.587. The van der Waals surface area contributed by atoms with Crippen molar-refractivity contribution in [3.05, 3.63) is 0 Å². The molecule has 0 amide bonds. The molecule has 0 aromatic rings. The Balaban J connectivity index is 3.58. The summed E-state index contributed by atoms with van der Waals surface area (Å²) in [6.07, 6.45) is -8.69. The summed E-state index contributed by atoms with van der Waals surface area (Å²) in [7, 11) is 0. The monoisotopic (exact) mass is 146 g/mol. The minimum absolute atomic E-state index is 1.20. The van der Waals surface area contributed by atoms with E-state index in [9.17, 15) is 17.6 Å². The van der Waals surface area contributed by atoms with Crippen molar-refractivity contribution in [3.63, 3.8) is 0 Å². The number of aliphatic hydroxyl groups is 1. The molecule has 9 heavy (non-hydrogen) atoms. The van der Waals surface area contributed by atoms with Crippen LogP contribution in [0.25, 0.3) is 0 Å². The predicted molar refractivity (Wildman–Crippen MR) is 22.9 cm³/mol. The Labute approximate surface area is 49.3 Å². The van der Waals surface area contributed by atoms with Gasteiger partial charge in [0.25, 0.3) is 6.43 Å². The lowest BCUT2D eigenvalue weighted by Crippen LogP contribution is -2.27. The first-order valence-corrected chi connectivity index (χ1v) is 2.26. The van der Waals surface area contributed by atoms with Crippen molar-refractivity contribution < 1.29 is 22.7 Å². The van der Waals surface area contributed by atoms with Crippen LogP contribution in [0, 0.1) is 0 Å². The Morgan fingerprint density at radius 2 is 1.56 bits per heavy atom. The van der Waals surface area contributed by atoms with Gasteiger partial charge in [-0.2, -0.15) is 0 Å². The second-order valence-corrected chi connectivity index (χ2v) is 1.48. The summed E-state index contributed by atoms with van der Waals surface area (Å²) in [6, 6.07) is 0. The zero-order valence-corrected chi connectivity index (χ0v) is 4.40. The van der Waals surface area contributed by atoms with E-state index < -0.39 is 25.4 Å². The number of hydrogen-bond donors (Lipinski definition) is 1. The Morgan fingerprint density at radius 1 is 1.11 bits per heavy atom. The standard InChI is InChI=1S/C4H6F4O/c5-2(1-9)3(6)4(7)8/h2-4,9H,1H2. The molecule has 1 nitrogen and oxygen atoms in total. The molecule has 0 aromatic heterocycles. The van der Waals surface area contributed by atoms with Crippen LogP contribution in [0.15, 0.2) is 0 Å². The molecule has 0 radical (unpaired) electrons. The third-order valence-corrected chi connectivity index (χ3v) is 0.761. The minimum atomic E-state index is -3.35. The van der Waals surface area contributed by atoms with Crippen LogP contribution in [-0.4, -0.2) is 30.5 Å². The smallest absolute Gasteiger partial charge is 0.272 e. The number of rotatable bonds is 3. The van der Waals surface area contributed by atoms with Crippen molar-refractivity contribution in [3.8, 4) is 0 Å². The van der Waals surface area contributed by atoms with Gasteiger partial charge in [-0.3, -0.25) is 0 Å². The molecule has 0 aliphatic carbocycles. The molecule has 0 aliphatic rings.